The summed E-state index contributed by atoms with van der Waals surface area (Å²) < 4.78 is 26.6. The molecular formula is C34H45FN6O4. The lowest BCUT2D eigenvalue weighted by atomic mass is 9.90. The van der Waals surface area contributed by atoms with Crippen LogP contribution in [-0.2, 0) is 26.1 Å². The highest BCUT2D eigenvalue weighted by atomic mass is 19.1. The topological polar surface area (TPSA) is 91.6 Å². The van der Waals surface area contributed by atoms with E-state index in [9.17, 15) is 14.0 Å². The van der Waals surface area contributed by atoms with E-state index in [1.54, 1.807) is 25.3 Å². The molecule has 3 aromatic rings. The number of hydrogen-bond donors (Lipinski definition) is 1. The number of carbonyl (C=O) groups excluding carboxylic acids is 2. The fraction of sp³-hybridized carbons (Fsp3) is 0.559. The number of fused-ring (bicyclic) bond motifs is 3. The predicted octanol–water partition coefficient (Wildman–Crippen LogP) is 3.25. The van der Waals surface area contributed by atoms with Crippen LogP contribution in [0.4, 0.5) is 10.1 Å². The van der Waals surface area contributed by atoms with Gasteiger partial charge in [0.25, 0.3) is 0 Å². The normalized spacial score (nSPS) is 23.8. The van der Waals surface area contributed by atoms with Crippen molar-refractivity contribution in [3.05, 3.63) is 64.7 Å². The van der Waals surface area contributed by atoms with E-state index in [-0.39, 0.29) is 30.4 Å². The maximum Gasteiger partial charge on any atom is 0.341 e. The Kier molecular flexibility index (Phi) is 8.98. The van der Waals surface area contributed by atoms with Crippen molar-refractivity contribution in [2.45, 2.75) is 64.6 Å². The van der Waals surface area contributed by atoms with Gasteiger partial charge >= 0.3 is 5.97 Å². The van der Waals surface area contributed by atoms with Gasteiger partial charge in [0, 0.05) is 56.3 Å². The van der Waals surface area contributed by atoms with Crippen LogP contribution in [0.15, 0.2) is 36.5 Å². The first-order valence-corrected chi connectivity index (χ1v) is 16.1. The second kappa shape index (κ2) is 12.8. The molecule has 6 rings (SSSR count). The van der Waals surface area contributed by atoms with E-state index in [0.29, 0.717) is 36.6 Å². The molecule has 2 aromatic heterocycles. The number of morpholine rings is 1. The molecule has 242 valence electrons. The largest absolute Gasteiger partial charge is 0.462 e. The molecule has 45 heavy (non-hydrogen) atoms. The van der Waals surface area contributed by atoms with Gasteiger partial charge in [-0.2, -0.15) is 5.10 Å². The highest BCUT2D eigenvalue weighted by Crippen LogP contribution is 2.43. The van der Waals surface area contributed by atoms with Crippen LogP contribution in [-0.4, -0.2) is 109 Å². The number of esters is 1. The number of amides is 1. The van der Waals surface area contributed by atoms with Crippen LogP contribution < -0.4 is 10.2 Å². The number of anilines is 1. The number of pyridine rings is 1. The van der Waals surface area contributed by atoms with Crippen LogP contribution in [0.3, 0.4) is 0 Å². The molecule has 0 radical (unpaired) electrons. The highest BCUT2D eigenvalue weighted by Gasteiger charge is 2.43. The van der Waals surface area contributed by atoms with Crippen molar-refractivity contribution in [3.63, 3.8) is 0 Å². The molecule has 0 aliphatic carbocycles. The molecule has 11 heteroatoms. The van der Waals surface area contributed by atoms with E-state index in [2.05, 4.69) is 42.8 Å². The van der Waals surface area contributed by atoms with Crippen LogP contribution in [0.1, 0.15) is 61.8 Å². The van der Waals surface area contributed by atoms with Crippen LogP contribution in [0, 0.1) is 5.82 Å². The summed E-state index contributed by atoms with van der Waals surface area (Å²) in [5.74, 6) is -0.706. The molecular weight excluding hydrogens is 575 g/mol. The first-order chi connectivity index (χ1) is 21.6. The van der Waals surface area contributed by atoms with Crippen molar-refractivity contribution in [1.29, 1.82) is 0 Å². The van der Waals surface area contributed by atoms with Crippen LogP contribution in [0.5, 0.6) is 0 Å². The summed E-state index contributed by atoms with van der Waals surface area (Å²) in [5.41, 5.74) is 4.02. The third-order valence-electron chi connectivity index (χ3n) is 9.44. The quantitative estimate of drug-likeness (QED) is 0.384. The van der Waals surface area contributed by atoms with E-state index >= 15 is 0 Å². The van der Waals surface area contributed by atoms with Gasteiger partial charge in [-0.25, -0.2) is 13.7 Å². The Morgan fingerprint density at radius 2 is 1.96 bits per heavy atom. The van der Waals surface area contributed by atoms with Gasteiger partial charge in [0.15, 0.2) is 0 Å². The first kappa shape index (κ1) is 31.6. The standard InChI is InChI=1S/C34H45FN6O4/c1-6-45-33(43)28-16-37-41-31(28)25(13-24-7-9-26(35)10-8-24)14-29-32(41)34(4,5)21-40(29)30(42)19-39-17-22(2)36-15-27(39)18-38-11-12-44-20-23(38)3/h7-10,14,16,22-23,27,36H,6,11-13,15,17-21H2,1-5H3/t22-,23-,27-/m1/s1. The third kappa shape index (κ3) is 6.36. The predicted molar refractivity (Wildman–Crippen MR) is 170 cm³/mol. The second-order valence-corrected chi connectivity index (χ2v) is 13.4. The number of aromatic nitrogens is 2. The zero-order chi connectivity index (χ0) is 31.9. The molecule has 10 nitrogen and oxygen atoms in total. The zero-order valence-electron chi connectivity index (χ0n) is 27.0. The summed E-state index contributed by atoms with van der Waals surface area (Å²) in [6, 6.07) is 9.21. The smallest absolute Gasteiger partial charge is 0.341 e. The molecule has 0 spiro atoms. The number of nitrogens with one attached hydrogen (secondary N) is 1. The molecule has 3 aliphatic rings. The van der Waals surface area contributed by atoms with Gasteiger partial charge in [-0.1, -0.05) is 26.0 Å². The Morgan fingerprint density at radius 1 is 1.18 bits per heavy atom. The maximum absolute atomic E-state index is 14.3. The molecule has 2 fully saturated rings. The summed E-state index contributed by atoms with van der Waals surface area (Å²) in [5, 5.41) is 8.31. The molecule has 3 aliphatic heterocycles. The summed E-state index contributed by atoms with van der Waals surface area (Å²) in [7, 11) is 0. The lowest BCUT2D eigenvalue weighted by Gasteiger charge is -2.43. The van der Waals surface area contributed by atoms with Gasteiger partial charge in [0.1, 0.15) is 11.4 Å². The van der Waals surface area contributed by atoms with Crippen molar-refractivity contribution in [2.24, 2.45) is 0 Å². The van der Waals surface area contributed by atoms with Crippen molar-refractivity contribution in [3.8, 4) is 0 Å². The lowest BCUT2D eigenvalue weighted by molar-refractivity contribution is -0.121. The number of halogens is 1. The molecule has 0 bridgehead atoms. The van der Waals surface area contributed by atoms with Gasteiger partial charge < -0.3 is 19.7 Å². The van der Waals surface area contributed by atoms with Gasteiger partial charge in [-0.3, -0.25) is 14.6 Å². The van der Waals surface area contributed by atoms with Crippen molar-refractivity contribution in [1.82, 2.24) is 24.7 Å². The van der Waals surface area contributed by atoms with E-state index in [0.717, 1.165) is 61.9 Å². The van der Waals surface area contributed by atoms with E-state index in [1.807, 2.05) is 15.5 Å². The fourth-order valence-corrected chi connectivity index (χ4v) is 7.14. The number of piperazine rings is 1. The maximum atomic E-state index is 14.3. The Labute approximate surface area is 264 Å². The Hall–Kier alpha value is -3.38. The minimum absolute atomic E-state index is 0.0424. The molecule has 1 amide bonds. The van der Waals surface area contributed by atoms with Crippen LogP contribution in [0.2, 0.25) is 0 Å². The summed E-state index contributed by atoms with van der Waals surface area (Å²) in [6.07, 6.45) is 1.99. The minimum Gasteiger partial charge on any atom is -0.462 e. The number of benzene rings is 1. The van der Waals surface area contributed by atoms with Crippen molar-refractivity contribution in [2.75, 3.05) is 64.0 Å². The van der Waals surface area contributed by atoms with E-state index in [4.69, 9.17) is 14.6 Å². The number of rotatable bonds is 8. The molecule has 0 saturated carbocycles. The lowest BCUT2D eigenvalue weighted by Crippen LogP contribution is -2.62. The minimum atomic E-state index is -0.440. The molecule has 1 aromatic carbocycles. The van der Waals surface area contributed by atoms with Gasteiger partial charge in [0.2, 0.25) is 5.91 Å². The number of carbonyl (C=O) groups is 2. The average molecular weight is 621 g/mol. The summed E-state index contributed by atoms with van der Waals surface area (Å²) in [4.78, 5) is 34.0. The number of ether oxygens (including phenoxy) is 2. The fourth-order valence-electron chi connectivity index (χ4n) is 7.14. The van der Waals surface area contributed by atoms with Gasteiger partial charge in [-0.05, 0) is 56.5 Å². The second-order valence-electron chi connectivity index (χ2n) is 13.4. The molecule has 2 saturated heterocycles. The number of hydrogen-bond acceptors (Lipinski definition) is 8. The zero-order valence-corrected chi connectivity index (χ0v) is 27.0. The van der Waals surface area contributed by atoms with Crippen LogP contribution >= 0.6 is 0 Å². The molecule has 5 heterocycles. The van der Waals surface area contributed by atoms with Gasteiger partial charge in [-0.15, -0.1) is 0 Å². The average Bonchev–Trinajstić information content (AvgIpc) is 3.55. The van der Waals surface area contributed by atoms with Crippen molar-refractivity contribution < 1.29 is 23.5 Å². The van der Waals surface area contributed by atoms with Crippen LogP contribution in [0.25, 0.3) is 5.52 Å². The Bertz CT molecular complexity index is 1560. The SMILES string of the molecule is CCOC(=O)c1cnn2c3c(cc(Cc4ccc(F)cc4)c12)N(C(=O)CN1C[C@@H](C)NC[C@@H]1CN1CCOC[C@H]1C)CC3(C)C. The summed E-state index contributed by atoms with van der Waals surface area (Å²) in [6.45, 7) is 16.3. The third-order valence-corrected chi connectivity index (χ3v) is 9.44. The van der Waals surface area contributed by atoms with E-state index in [1.165, 1.54) is 12.1 Å². The van der Waals surface area contributed by atoms with Crippen molar-refractivity contribution >= 4 is 23.1 Å². The monoisotopic (exact) mass is 620 g/mol. The first-order valence-electron chi connectivity index (χ1n) is 16.1. The molecule has 0 unspecified atom stereocenters. The molecule has 3 atom stereocenters. The highest BCUT2D eigenvalue weighted by molar-refractivity contribution is 6.01. The van der Waals surface area contributed by atoms with Gasteiger partial charge in [0.05, 0.1) is 49.5 Å². The Balaban J connectivity index is 1.35. The Morgan fingerprint density at radius 3 is 2.69 bits per heavy atom. The number of nitrogens with zero attached hydrogens (tertiary/aromatic N) is 5. The molecule has 1 N–H and O–H groups in total. The van der Waals surface area contributed by atoms with E-state index < -0.39 is 11.4 Å². The summed E-state index contributed by atoms with van der Waals surface area (Å²) >= 11 is 0.